The van der Waals surface area contributed by atoms with Crippen LogP contribution < -0.4 is 0 Å². The van der Waals surface area contributed by atoms with Gasteiger partial charge in [-0.05, 0) is 24.3 Å². The van der Waals surface area contributed by atoms with Crippen LogP contribution >= 0.6 is 12.2 Å². The molecule has 0 saturated carbocycles. The highest BCUT2D eigenvalue weighted by Crippen LogP contribution is 2.16. The summed E-state index contributed by atoms with van der Waals surface area (Å²) in [7, 11) is 0. The molecule has 4 nitrogen and oxygen atoms in total. The van der Waals surface area contributed by atoms with Crippen LogP contribution in [-0.2, 0) is 0 Å². The molecule has 1 aromatic carbocycles. The fourth-order valence-electron chi connectivity index (χ4n) is 1.65. The summed E-state index contributed by atoms with van der Waals surface area (Å²) in [4.78, 5) is 22.0. The minimum atomic E-state index is -1.04. The number of carbonyl (C=O) groups excluding carboxylic acids is 1. The molecule has 2 aromatic rings. The summed E-state index contributed by atoms with van der Waals surface area (Å²) in [6.45, 7) is 0. The third kappa shape index (κ3) is 2.08. The van der Waals surface area contributed by atoms with Crippen molar-refractivity contribution in [1.82, 2.24) is 4.57 Å². The van der Waals surface area contributed by atoms with Gasteiger partial charge >= 0.3 is 5.97 Å². The van der Waals surface area contributed by atoms with Crippen LogP contribution in [0.2, 0.25) is 0 Å². The summed E-state index contributed by atoms with van der Waals surface area (Å²) in [5.41, 5.74) is 0.933. The topological polar surface area (TPSA) is 59.3 Å². The van der Waals surface area contributed by atoms with Gasteiger partial charge in [-0.2, -0.15) is 0 Å². The van der Waals surface area contributed by atoms with Crippen molar-refractivity contribution in [3.05, 3.63) is 58.4 Å². The molecular formula is C13H9NO3S. The minimum absolute atomic E-state index is 0.136. The van der Waals surface area contributed by atoms with Crippen LogP contribution in [0.4, 0.5) is 0 Å². The van der Waals surface area contributed by atoms with Gasteiger partial charge in [-0.15, -0.1) is 0 Å². The van der Waals surface area contributed by atoms with Crippen LogP contribution in [0.3, 0.4) is 0 Å². The standard InChI is InChI=1S/C13H9NO3S/c15-8-9-4-3-7-14(12(9)18)11-6-2-1-5-10(11)13(16)17/h1-8H,(H,16,17). The van der Waals surface area contributed by atoms with E-state index in [0.717, 1.165) is 0 Å². The van der Waals surface area contributed by atoms with Gasteiger partial charge in [0.05, 0.1) is 11.3 Å². The maximum Gasteiger partial charge on any atom is 0.337 e. The third-order valence-corrected chi connectivity index (χ3v) is 2.93. The first-order chi connectivity index (χ1) is 8.65. The second-order valence-electron chi connectivity index (χ2n) is 3.58. The predicted octanol–water partition coefficient (Wildman–Crippen LogP) is 2.72. The van der Waals surface area contributed by atoms with Crippen LogP contribution in [0.25, 0.3) is 5.69 Å². The lowest BCUT2D eigenvalue weighted by molar-refractivity contribution is 0.0697. The number of benzene rings is 1. The molecule has 0 fully saturated rings. The number of para-hydroxylation sites is 1. The summed E-state index contributed by atoms with van der Waals surface area (Å²) < 4.78 is 1.81. The number of hydrogen-bond acceptors (Lipinski definition) is 3. The molecule has 0 atom stereocenters. The molecule has 0 aliphatic carbocycles. The fraction of sp³-hybridized carbons (Fsp3) is 0. The quantitative estimate of drug-likeness (QED) is 0.680. The van der Waals surface area contributed by atoms with Crippen LogP contribution in [0, 0.1) is 4.64 Å². The molecule has 18 heavy (non-hydrogen) atoms. The van der Waals surface area contributed by atoms with E-state index in [1.54, 1.807) is 36.5 Å². The molecule has 90 valence electrons. The van der Waals surface area contributed by atoms with Crippen molar-refractivity contribution in [2.45, 2.75) is 0 Å². The smallest absolute Gasteiger partial charge is 0.337 e. The third-order valence-electron chi connectivity index (χ3n) is 2.50. The van der Waals surface area contributed by atoms with E-state index >= 15 is 0 Å². The van der Waals surface area contributed by atoms with Crippen LogP contribution in [-0.4, -0.2) is 21.9 Å². The normalized spacial score (nSPS) is 10.0. The second kappa shape index (κ2) is 4.93. The lowest BCUT2D eigenvalue weighted by atomic mass is 10.1. The Morgan fingerprint density at radius 2 is 1.94 bits per heavy atom. The Kier molecular flexibility index (Phi) is 3.34. The number of rotatable bonds is 3. The van der Waals surface area contributed by atoms with Crippen molar-refractivity contribution >= 4 is 24.5 Å². The van der Waals surface area contributed by atoms with Gasteiger partial charge in [-0.3, -0.25) is 4.79 Å². The van der Waals surface area contributed by atoms with Gasteiger partial charge in [0.25, 0.3) is 0 Å². The Labute approximate surface area is 108 Å². The molecule has 0 spiro atoms. The van der Waals surface area contributed by atoms with Crippen molar-refractivity contribution in [3.8, 4) is 5.69 Å². The van der Waals surface area contributed by atoms with E-state index in [-0.39, 0.29) is 5.56 Å². The number of aldehydes is 1. The summed E-state index contributed by atoms with van der Waals surface area (Å²) in [6.07, 6.45) is 2.29. The molecule has 0 aliphatic heterocycles. The molecule has 1 N–H and O–H groups in total. The van der Waals surface area contributed by atoms with Gasteiger partial charge in [-0.1, -0.05) is 24.4 Å². The van der Waals surface area contributed by atoms with Gasteiger partial charge in [0.2, 0.25) is 0 Å². The van der Waals surface area contributed by atoms with Gasteiger partial charge in [0.15, 0.2) is 6.29 Å². The molecule has 2 rings (SSSR count). The first-order valence-electron chi connectivity index (χ1n) is 5.14. The summed E-state index contributed by atoms with van der Waals surface area (Å²) in [5.74, 6) is -1.04. The Hall–Kier alpha value is -2.27. The number of aromatic carboxylic acids is 1. The van der Waals surface area contributed by atoms with Gasteiger partial charge in [0.1, 0.15) is 4.64 Å². The minimum Gasteiger partial charge on any atom is -0.478 e. The predicted molar refractivity (Wildman–Crippen MR) is 68.9 cm³/mol. The maximum absolute atomic E-state index is 11.1. The largest absolute Gasteiger partial charge is 0.478 e. The number of carboxylic acid groups (broad SMARTS) is 1. The molecule has 0 aliphatic rings. The van der Waals surface area contributed by atoms with Crippen molar-refractivity contribution < 1.29 is 14.7 Å². The number of carbonyl (C=O) groups is 2. The molecule has 0 saturated heterocycles. The van der Waals surface area contributed by atoms with E-state index in [1.165, 1.54) is 10.6 Å². The van der Waals surface area contributed by atoms with Crippen molar-refractivity contribution in [2.24, 2.45) is 0 Å². The number of carboxylic acids is 1. The Morgan fingerprint density at radius 3 is 2.61 bits per heavy atom. The van der Waals surface area contributed by atoms with Crippen molar-refractivity contribution in [1.29, 1.82) is 0 Å². The van der Waals surface area contributed by atoms with E-state index in [4.69, 9.17) is 17.3 Å². The van der Waals surface area contributed by atoms with Crippen molar-refractivity contribution in [2.75, 3.05) is 0 Å². The van der Waals surface area contributed by atoms with Gasteiger partial charge in [0, 0.05) is 11.8 Å². The Balaban J connectivity index is 2.74. The van der Waals surface area contributed by atoms with E-state index < -0.39 is 5.97 Å². The molecule has 1 aromatic heterocycles. The maximum atomic E-state index is 11.1. The number of aromatic nitrogens is 1. The first-order valence-corrected chi connectivity index (χ1v) is 5.55. The number of pyridine rings is 1. The highest BCUT2D eigenvalue weighted by molar-refractivity contribution is 7.71. The number of nitrogens with zero attached hydrogens (tertiary/aromatic N) is 1. The SMILES string of the molecule is O=Cc1cccn(-c2ccccc2C(=O)O)c1=S. The Morgan fingerprint density at radius 1 is 1.22 bits per heavy atom. The lowest BCUT2D eigenvalue weighted by Gasteiger charge is -2.10. The van der Waals surface area contributed by atoms with Gasteiger partial charge < -0.3 is 9.67 Å². The van der Waals surface area contributed by atoms with Crippen LogP contribution in [0.15, 0.2) is 42.6 Å². The summed E-state index contributed by atoms with van der Waals surface area (Å²) >= 11 is 5.16. The monoisotopic (exact) mass is 259 g/mol. The van der Waals surface area contributed by atoms with E-state index in [9.17, 15) is 9.59 Å². The molecule has 0 amide bonds. The van der Waals surface area contributed by atoms with Crippen molar-refractivity contribution in [3.63, 3.8) is 0 Å². The molecule has 1 heterocycles. The highest BCUT2D eigenvalue weighted by Gasteiger charge is 2.11. The van der Waals surface area contributed by atoms with E-state index in [1.807, 2.05) is 0 Å². The average Bonchev–Trinajstić information content (AvgIpc) is 2.39. The number of hydrogen-bond donors (Lipinski definition) is 1. The molecule has 0 radical (unpaired) electrons. The summed E-state index contributed by atoms with van der Waals surface area (Å²) in [5, 5.41) is 9.13. The van der Waals surface area contributed by atoms with E-state index in [2.05, 4.69) is 0 Å². The highest BCUT2D eigenvalue weighted by atomic mass is 32.1. The Bertz CT molecular complexity index is 676. The molecular weight excluding hydrogens is 250 g/mol. The molecule has 0 unspecified atom stereocenters. The zero-order chi connectivity index (χ0) is 13.1. The lowest BCUT2D eigenvalue weighted by Crippen LogP contribution is -2.07. The zero-order valence-corrected chi connectivity index (χ0v) is 10.1. The van der Waals surface area contributed by atoms with Crippen LogP contribution in [0.5, 0.6) is 0 Å². The first kappa shape index (κ1) is 12.2. The second-order valence-corrected chi connectivity index (χ2v) is 3.97. The average molecular weight is 259 g/mol. The fourth-order valence-corrected chi connectivity index (χ4v) is 1.93. The zero-order valence-electron chi connectivity index (χ0n) is 9.24. The van der Waals surface area contributed by atoms with Gasteiger partial charge in [-0.25, -0.2) is 4.79 Å². The van der Waals surface area contributed by atoms with Crippen LogP contribution in [0.1, 0.15) is 20.7 Å². The van der Waals surface area contributed by atoms with E-state index in [0.29, 0.717) is 22.2 Å². The molecule has 5 heteroatoms. The molecule has 0 bridgehead atoms. The summed E-state index contributed by atoms with van der Waals surface area (Å²) in [6, 6.07) is 9.74.